The number of amides is 1. The number of oxazole rings is 1. The number of nitrogens with zero attached hydrogens (tertiary/aromatic N) is 1. The number of aromatic nitrogens is 1. The van der Waals surface area contributed by atoms with E-state index in [1.807, 2.05) is 0 Å². The van der Waals surface area contributed by atoms with Gasteiger partial charge in [0.25, 0.3) is 0 Å². The molecule has 0 spiro atoms. The molecule has 2 N–H and O–H groups in total. The lowest BCUT2D eigenvalue weighted by molar-refractivity contribution is -0.115. The molecular formula is C27H15Cl4N3O3S. The smallest absolute Gasteiger partial charge is 0.250 e. The van der Waals surface area contributed by atoms with Gasteiger partial charge in [0.2, 0.25) is 11.8 Å². The van der Waals surface area contributed by atoms with E-state index in [-0.39, 0.29) is 5.11 Å². The number of furan rings is 1. The van der Waals surface area contributed by atoms with Crippen molar-refractivity contribution in [2.75, 3.05) is 5.32 Å². The molecule has 6 nitrogen and oxygen atoms in total. The van der Waals surface area contributed by atoms with Crippen LogP contribution in [-0.4, -0.2) is 16.0 Å². The second-order valence-corrected chi connectivity index (χ2v) is 10.0. The lowest BCUT2D eigenvalue weighted by atomic mass is 10.2. The Labute approximate surface area is 242 Å². The van der Waals surface area contributed by atoms with Crippen molar-refractivity contribution >= 4 is 92.5 Å². The van der Waals surface area contributed by atoms with E-state index in [9.17, 15) is 4.79 Å². The maximum Gasteiger partial charge on any atom is 0.250 e. The molecule has 0 aliphatic rings. The third-order valence-corrected chi connectivity index (χ3v) is 6.58. The summed E-state index contributed by atoms with van der Waals surface area (Å²) in [6.07, 6.45) is 2.82. The van der Waals surface area contributed by atoms with Crippen LogP contribution in [-0.2, 0) is 4.79 Å². The summed E-state index contributed by atoms with van der Waals surface area (Å²) in [5.41, 5.74) is 3.00. The maximum absolute atomic E-state index is 12.4. The highest BCUT2D eigenvalue weighted by atomic mass is 35.5. The van der Waals surface area contributed by atoms with Crippen LogP contribution < -0.4 is 10.6 Å². The minimum atomic E-state index is -0.449. The van der Waals surface area contributed by atoms with E-state index in [1.165, 1.54) is 12.2 Å². The Hall–Kier alpha value is -3.33. The second-order valence-electron chi connectivity index (χ2n) is 7.93. The highest BCUT2D eigenvalue weighted by Crippen LogP contribution is 2.33. The minimum Gasteiger partial charge on any atom is -0.457 e. The third-order valence-electron chi connectivity index (χ3n) is 5.26. The number of carbonyl (C=O) groups is 1. The largest absolute Gasteiger partial charge is 0.457 e. The molecule has 0 saturated carbocycles. The Balaban J connectivity index is 1.23. The average Bonchev–Trinajstić information content (AvgIpc) is 3.50. The van der Waals surface area contributed by atoms with Crippen molar-refractivity contribution in [3.63, 3.8) is 0 Å². The standard InChI is InChI=1S/C27H15Cl4N3O3S/c28-14-1-6-18(21(31)11-14)23-9-4-17(36-23)5-10-25(35)34-27(38)32-16-3-7-20(30)19(13-16)26-33-22-12-15(29)2-8-24(22)37-26/h1-13H,(H2,32,34,35,38)/b10-5+. The van der Waals surface area contributed by atoms with Crippen LogP contribution in [0, 0.1) is 0 Å². The van der Waals surface area contributed by atoms with Gasteiger partial charge < -0.3 is 14.2 Å². The number of benzene rings is 3. The fourth-order valence-corrected chi connectivity index (χ4v) is 4.62. The quantitative estimate of drug-likeness (QED) is 0.154. The Morgan fingerprint density at radius 2 is 1.63 bits per heavy atom. The first-order valence-electron chi connectivity index (χ1n) is 11.0. The number of hydrogen-bond acceptors (Lipinski definition) is 5. The Morgan fingerprint density at radius 3 is 2.45 bits per heavy atom. The number of rotatable bonds is 5. The number of thiocarbonyl (C=S) groups is 1. The minimum absolute atomic E-state index is 0.0883. The molecule has 3 aromatic carbocycles. The molecule has 2 heterocycles. The van der Waals surface area contributed by atoms with Crippen LogP contribution >= 0.6 is 58.6 Å². The van der Waals surface area contributed by atoms with E-state index in [0.29, 0.717) is 65.4 Å². The fourth-order valence-electron chi connectivity index (χ4n) is 3.53. The van der Waals surface area contributed by atoms with Crippen molar-refractivity contribution in [3.05, 3.63) is 98.7 Å². The lowest BCUT2D eigenvalue weighted by Gasteiger charge is -2.09. The van der Waals surface area contributed by atoms with Crippen LogP contribution in [0.5, 0.6) is 0 Å². The van der Waals surface area contributed by atoms with Crippen molar-refractivity contribution < 1.29 is 13.6 Å². The zero-order valence-electron chi connectivity index (χ0n) is 19.1. The predicted octanol–water partition coefficient (Wildman–Crippen LogP) is 8.89. The molecule has 0 aliphatic carbocycles. The maximum atomic E-state index is 12.4. The molecule has 0 saturated heterocycles. The van der Waals surface area contributed by atoms with E-state index in [0.717, 1.165) is 0 Å². The molecule has 1 amide bonds. The topological polar surface area (TPSA) is 80.3 Å². The SMILES string of the molecule is O=C(/C=C/c1ccc(-c2ccc(Cl)cc2Cl)o1)NC(=S)Nc1ccc(Cl)c(-c2nc3cc(Cl)ccc3o2)c1. The van der Waals surface area contributed by atoms with Crippen LogP contribution in [0.4, 0.5) is 5.69 Å². The molecule has 11 heteroatoms. The highest BCUT2D eigenvalue weighted by Gasteiger charge is 2.14. The molecule has 0 unspecified atom stereocenters. The molecule has 0 fully saturated rings. The number of hydrogen-bond donors (Lipinski definition) is 2. The second kappa shape index (κ2) is 11.2. The van der Waals surface area contributed by atoms with Crippen LogP contribution in [0.15, 0.2) is 81.6 Å². The fraction of sp³-hybridized carbons (Fsp3) is 0. The molecule has 2 aromatic heterocycles. The first-order chi connectivity index (χ1) is 18.2. The predicted molar refractivity (Wildman–Crippen MR) is 157 cm³/mol. The summed E-state index contributed by atoms with van der Waals surface area (Å²) in [5.74, 6) is 0.882. The van der Waals surface area contributed by atoms with Crippen molar-refractivity contribution in [2.24, 2.45) is 0 Å². The first-order valence-corrected chi connectivity index (χ1v) is 12.9. The number of carbonyl (C=O) groups excluding carboxylic acids is 1. The van der Waals surface area contributed by atoms with Crippen molar-refractivity contribution in [1.29, 1.82) is 0 Å². The average molecular weight is 603 g/mol. The van der Waals surface area contributed by atoms with Gasteiger partial charge in [-0.05, 0) is 85.0 Å². The summed E-state index contributed by atoms with van der Waals surface area (Å²) in [6, 6.07) is 18.8. The van der Waals surface area contributed by atoms with Gasteiger partial charge in [0.15, 0.2) is 10.7 Å². The van der Waals surface area contributed by atoms with Gasteiger partial charge in [-0.25, -0.2) is 4.98 Å². The van der Waals surface area contributed by atoms with Gasteiger partial charge in [-0.3, -0.25) is 10.1 Å². The molecule has 0 bridgehead atoms. The van der Waals surface area contributed by atoms with E-state index in [1.54, 1.807) is 66.7 Å². The summed E-state index contributed by atoms with van der Waals surface area (Å²) in [4.78, 5) is 16.9. The van der Waals surface area contributed by atoms with Gasteiger partial charge in [0.05, 0.1) is 15.6 Å². The molecule has 5 aromatic rings. The zero-order chi connectivity index (χ0) is 26.8. The zero-order valence-corrected chi connectivity index (χ0v) is 22.9. The Morgan fingerprint density at radius 1 is 0.842 bits per heavy atom. The first kappa shape index (κ1) is 26.3. The number of anilines is 1. The Kier molecular flexibility index (Phi) is 7.74. The highest BCUT2D eigenvalue weighted by molar-refractivity contribution is 7.80. The summed E-state index contributed by atoms with van der Waals surface area (Å²) in [5, 5.41) is 7.60. The third kappa shape index (κ3) is 6.04. The summed E-state index contributed by atoms with van der Waals surface area (Å²) >= 11 is 29.9. The normalized spacial score (nSPS) is 11.3. The Bertz CT molecular complexity index is 1730. The van der Waals surface area contributed by atoms with E-state index >= 15 is 0 Å². The van der Waals surface area contributed by atoms with Gasteiger partial charge in [0.1, 0.15) is 17.0 Å². The van der Waals surface area contributed by atoms with Crippen LogP contribution in [0.25, 0.3) is 40.0 Å². The molecular weight excluding hydrogens is 588 g/mol. The molecule has 0 atom stereocenters. The van der Waals surface area contributed by atoms with Crippen LogP contribution in [0.1, 0.15) is 5.76 Å². The summed E-state index contributed by atoms with van der Waals surface area (Å²) in [6.45, 7) is 0. The number of fused-ring (bicyclic) bond motifs is 1. The van der Waals surface area contributed by atoms with Crippen molar-refractivity contribution in [1.82, 2.24) is 10.3 Å². The van der Waals surface area contributed by atoms with Gasteiger partial charge in [-0.15, -0.1) is 0 Å². The molecule has 190 valence electrons. The van der Waals surface area contributed by atoms with Gasteiger partial charge in [-0.2, -0.15) is 0 Å². The number of halogens is 4. The van der Waals surface area contributed by atoms with Crippen LogP contribution in [0.2, 0.25) is 20.1 Å². The van der Waals surface area contributed by atoms with Crippen LogP contribution in [0.3, 0.4) is 0 Å². The van der Waals surface area contributed by atoms with Crippen molar-refractivity contribution in [2.45, 2.75) is 0 Å². The molecule has 38 heavy (non-hydrogen) atoms. The summed E-state index contributed by atoms with van der Waals surface area (Å²) in [7, 11) is 0. The molecule has 0 radical (unpaired) electrons. The van der Waals surface area contributed by atoms with E-state index in [4.69, 9.17) is 67.5 Å². The summed E-state index contributed by atoms with van der Waals surface area (Å²) < 4.78 is 11.6. The number of nitrogens with one attached hydrogen (secondary N) is 2. The van der Waals surface area contributed by atoms with E-state index < -0.39 is 5.91 Å². The van der Waals surface area contributed by atoms with Gasteiger partial charge >= 0.3 is 0 Å². The van der Waals surface area contributed by atoms with Gasteiger partial charge in [0, 0.05) is 27.4 Å². The monoisotopic (exact) mass is 601 g/mol. The lowest BCUT2D eigenvalue weighted by Crippen LogP contribution is -2.32. The van der Waals surface area contributed by atoms with Crippen molar-refractivity contribution in [3.8, 4) is 22.8 Å². The molecule has 0 aliphatic heterocycles. The van der Waals surface area contributed by atoms with E-state index in [2.05, 4.69) is 15.6 Å². The molecule has 5 rings (SSSR count). The van der Waals surface area contributed by atoms with Gasteiger partial charge in [-0.1, -0.05) is 46.4 Å².